The van der Waals surface area contributed by atoms with Crippen LogP contribution in [0.1, 0.15) is 12.0 Å². The highest BCUT2D eigenvalue weighted by molar-refractivity contribution is 5.37. The van der Waals surface area contributed by atoms with E-state index >= 15 is 0 Å². The van der Waals surface area contributed by atoms with Crippen molar-refractivity contribution in [2.45, 2.75) is 25.0 Å². The van der Waals surface area contributed by atoms with E-state index in [0.29, 0.717) is 12.2 Å². The summed E-state index contributed by atoms with van der Waals surface area (Å²) in [6.45, 7) is 0.927. The van der Waals surface area contributed by atoms with E-state index in [1.165, 1.54) is 5.56 Å². The molecule has 1 saturated heterocycles. The van der Waals surface area contributed by atoms with E-state index in [9.17, 15) is 0 Å². The Bertz CT molecular complexity index is 293. The van der Waals surface area contributed by atoms with Gasteiger partial charge in [0.1, 0.15) is 11.9 Å². The van der Waals surface area contributed by atoms with E-state index in [1.807, 2.05) is 12.1 Å². The van der Waals surface area contributed by atoms with Gasteiger partial charge >= 0.3 is 0 Å². The number of hydrogen-bond acceptors (Lipinski definition) is 2. The molecule has 0 amide bonds. The third-order valence-electron chi connectivity index (χ3n) is 2.64. The quantitative estimate of drug-likeness (QED) is 0.641. The first-order valence-corrected chi connectivity index (χ1v) is 4.78. The van der Waals surface area contributed by atoms with Crippen LogP contribution in [0.25, 0.3) is 0 Å². The lowest BCUT2D eigenvalue weighted by molar-refractivity contribution is 0.203. The molecule has 2 aliphatic heterocycles. The molecule has 13 heavy (non-hydrogen) atoms. The highest BCUT2D eigenvalue weighted by atomic mass is 16.6. The highest BCUT2D eigenvalue weighted by Gasteiger charge is 2.31. The van der Waals surface area contributed by atoms with E-state index in [4.69, 9.17) is 9.47 Å². The molecule has 2 heteroatoms. The van der Waals surface area contributed by atoms with Crippen molar-refractivity contribution in [1.29, 1.82) is 0 Å². The number of hydrogen-bond donors (Lipinski definition) is 0. The second-order valence-corrected chi connectivity index (χ2v) is 3.74. The van der Waals surface area contributed by atoms with E-state index in [1.54, 1.807) is 0 Å². The van der Waals surface area contributed by atoms with Gasteiger partial charge < -0.3 is 9.47 Å². The Morgan fingerprint density at radius 3 is 2.85 bits per heavy atom. The molecule has 1 fully saturated rings. The standard InChI is InChI=1S/C11H12O2/c1-2-4-11-8(3-1)5-9(13-11)6-10-7-12-10/h1-4,9-10H,5-7H2. The molecular formula is C11H12O2. The second kappa shape index (κ2) is 2.74. The van der Waals surface area contributed by atoms with Gasteiger partial charge in [-0.2, -0.15) is 0 Å². The lowest BCUT2D eigenvalue weighted by atomic mass is 10.1. The van der Waals surface area contributed by atoms with Gasteiger partial charge in [-0.05, 0) is 11.6 Å². The molecule has 68 valence electrons. The summed E-state index contributed by atoms with van der Waals surface area (Å²) in [5.41, 5.74) is 1.34. The van der Waals surface area contributed by atoms with Crippen LogP contribution in [0.5, 0.6) is 5.75 Å². The third-order valence-corrected chi connectivity index (χ3v) is 2.64. The topological polar surface area (TPSA) is 21.8 Å². The molecule has 2 nitrogen and oxygen atoms in total. The minimum absolute atomic E-state index is 0.352. The molecule has 2 aliphatic rings. The number of para-hydroxylation sites is 1. The van der Waals surface area contributed by atoms with Crippen molar-refractivity contribution in [3.8, 4) is 5.75 Å². The van der Waals surface area contributed by atoms with Crippen molar-refractivity contribution in [1.82, 2.24) is 0 Å². The monoisotopic (exact) mass is 176 g/mol. The molecule has 2 unspecified atom stereocenters. The van der Waals surface area contributed by atoms with Crippen LogP contribution in [-0.2, 0) is 11.2 Å². The minimum Gasteiger partial charge on any atom is -0.490 e. The number of fused-ring (bicyclic) bond motifs is 1. The summed E-state index contributed by atoms with van der Waals surface area (Å²) in [6.07, 6.45) is 2.93. The largest absolute Gasteiger partial charge is 0.490 e. The Balaban J connectivity index is 1.73. The maximum atomic E-state index is 5.78. The molecule has 0 spiro atoms. The third kappa shape index (κ3) is 1.42. The normalized spacial score (nSPS) is 29.5. The molecule has 3 rings (SSSR count). The predicted octanol–water partition coefficient (Wildman–Crippen LogP) is 1.78. The SMILES string of the molecule is c1ccc2c(c1)CC(CC1CO1)O2. The summed E-state index contributed by atoms with van der Waals surface area (Å²) in [5, 5.41) is 0. The number of benzene rings is 1. The summed E-state index contributed by atoms with van der Waals surface area (Å²) < 4.78 is 11.0. The number of epoxide rings is 1. The van der Waals surface area contributed by atoms with Gasteiger partial charge in [-0.15, -0.1) is 0 Å². The van der Waals surface area contributed by atoms with Gasteiger partial charge in [0.15, 0.2) is 0 Å². The second-order valence-electron chi connectivity index (χ2n) is 3.74. The summed E-state index contributed by atoms with van der Waals surface area (Å²) in [6, 6.07) is 8.28. The van der Waals surface area contributed by atoms with Crippen LogP contribution in [0.15, 0.2) is 24.3 Å². The van der Waals surface area contributed by atoms with Crippen LogP contribution >= 0.6 is 0 Å². The van der Waals surface area contributed by atoms with E-state index in [-0.39, 0.29) is 0 Å². The van der Waals surface area contributed by atoms with Crippen LogP contribution in [0, 0.1) is 0 Å². The average Bonchev–Trinajstić information content (AvgIpc) is 2.85. The summed E-state index contributed by atoms with van der Waals surface area (Å²) in [7, 11) is 0. The fourth-order valence-corrected chi connectivity index (χ4v) is 1.88. The van der Waals surface area contributed by atoms with Crippen LogP contribution in [0.4, 0.5) is 0 Å². The van der Waals surface area contributed by atoms with Crippen molar-refractivity contribution in [3.63, 3.8) is 0 Å². The van der Waals surface area contributed by atoms with Crippen LogP contribution in [-0.4, -0.2) is 18.8 Å². The number of ether oxygens (including phenoxy) is 2. The Morgan fingerprint density at radius 2 is 2.08 bits per heavy atom. The van der Waals surface area contributed by atoms with Gasteiger partial charge in [0.05, 0.1) is 12.7 Å². The molecule has 1 aromatic carbocycles. The van der Waals surface area contributed by atoms with Gasteiger partial charge in [0.2, 0.25) is 0 Å². The van der Waals surface area contributed by atoms with Crippen molar-refractivity contribution in [2.24, 2.45) is 0 Å². The molecule has 0 N–H and O–H groups in total. The Kier molecular flexibility index (Phi) is 1.56. The molecule has 0 aromatic heterocycles. The first-order valence-electron chi connectivity index (χ1n) is 4.78. The molecule has 1 aromatic rings. The molecule has 0 radical (unpaired) electrons. The fraction of sp³-hybridized carbons (Fsp3) is 0.455. The van der Waals surface area contributed by atoms with Crippen molar-refractivity contribution in [3.05, 3.63) is 29.8 Å². The molecule has 0 bridgehead atoms. The van der Waals surface area contributed by atoms with E-state index in [0.717, 1.165) is 25.2 Å². The van der Waals surface area contributed by atoms with E-state index < -0.39 is 0 Å². The Morgan fingerprint density at radius 1 is 1.23 bits per heavy atom. The Hall–Kier alpha value is -1.02. The van der Waals surface area contributed by atoms with Gasteiger partial charge in [-0.3, -0.25) is 0 Å². The zero-order valence-electron chi connectivity index (χ0n) is 7.40. The maximum Gasteiger partial charge on any atom is 0.123 e. The lowest BCUT2D eigenvalue weighted by Crippen LogP contribution is -2.15. The lowest BCUT2D eigenvalue weighted by Gasteiger charge is -2.07. The first kappa shape index (κ1) is 7.39. The molecular weight excluding hydrogens is 164 g/mol. The maximum absolute atomic E-state index is 5.78. The van der Waals surface area contributed by atoms with Crippen LogP contribution in [0.2, 0.25) is 0 Å². The predicted molar refractivity (Wildman–Crippen MR) is 48.9 cm³/mol. The fourth-order valence-electron chi connectivity index (χ4n) is 1.88. The van der Waals surface area contributed by atoms with Crippen LogP contribution < -0.4 is 4.74 Å². The summed E-state index contributed by atoms with van der Waals surface area (Å²) in [5.74, 6) is 1.06. The summed E-state index contributed by atoms with van der Waals surface area (Å²) in [4.78, 5) is 0. The first-order chi connectivity index (χ1) is 6.42. The molecule has 0 saturated carbocycles. The molecule has 2 atom stereocenters. The van der Waals surface area contributed by atoms with Gasteiger partial charge in [0.25, 0.3) is 0 Å². The summed E-state index contributed by atoms with van der Waals surface area (Å²) >= 11 is 0. The minimum atomic E-state index is 0.352. The Labute approximate surface area is 77.5 Å². The van der Waals surface area contributed by atoms with Crippen molar-refractivity contribution in [2.75, 3.05) is 6.61 Å². The number of rotatable bonds is 2. The van der Waals surface area contributed by atoms with Gasteiger partial charge in [-0.1, -0.05) is 18.2 Å². The van der Waals surface area contributed by atoms with Crippen LogP contribution in [0.3, 0.4) is 0 Å². The molecule has 0 aliphatic carbocycles. The van der Waals surface area contributed by atoms with Crippen molar-refractivity contribution < 1.29 is 9.47 Å². The zero-order valence-corrected chi connectivity index (χ0v) is 7.40. The van der Waals surface area contributed by atoms with Crippen molar-refractivity contribution >= 4 is 0 Å². The molecule has 2 heterocycles. The average molecular weight is 176 g/mol. The smallest absolute Gasteiger partial charge is 0.123 e. The van der Waals surface area contributed by atoms with Gasteiger partial charge in [0, 0.05) is 12.8 Å². The highest BCUT2D eigenvalue weighted by Crippen LogP contribution is 2.31. The van der Waals surface area contributed by atoms with E-state index in [2.05, 4.69) is 12.1 Å². The zero-order chi connectivity index (χ0) is 8.67. The van der Waals surface area contributed by atoms with Gasteiger partial charge in [-0.25, -0.2) is 0 Å².